The van der Waals surface area contributed by atoms with Crippen LogP contribution in [0.15, 0.2) is 24.3 Å². The van der Waals surface area contributed by atoms with Gasteiger partial charge in [0.1, 0.15) is 0 Å². The Bertz CT molecular complexity index is 821. The van der Waals surface area contributed by atoms with E-state index >= 15 is 0 Å². The third-order valence-corrected chi connectivity index (χ3v) is 4.85. The topological polar surface area (TPSA) is 55.1 Å². The molecule has 0 fully saturated rings. The molecule has 4 nitrogen and oxygen atoms in total. The Morgan fingerprint density at radius 3 is 2.35 bits per heavy atom. The standard InChI is InChI=1S/C19H21F3N2O2/c1-18(2,17(25)26)11-12-7-9-13(10-8-12)24-15-6-4-3-5-14(15)16(23-24)19(20,21)22/h7-10H,3-6,11H2,1-2H3,(H,25,26). The van der Waals surface area contributed by atoms with Crippen LogP contribution in [0.5, 0.6) is 0 Å². The lowest BCUT2D eigenvalue weighted by molar-refractivity contribution is -0.146. The monoisotopic (exact) mass is 366 g/mol. The highest BCUT2D eigenvalue weighted by Gasteiger charge is 2.39. The molecule has 26 heavy (non-hydrogen) atoms. The van der Waals surface area contributed by atoms with Crippen molar-refractivity contribution in [3.05, 3.63) is 46.8 Å². The average Bonchev–Trinajstić information content (AvgIpc) is 2.95. The van der Waals surface area contributed by atoms with Crippen LogP contribution in [0, 0.1) is 5.41 Å². The van der Waals surface area contributed by atoms with Gasteiger partial charge < -0.3 is 5.11 Å². The minimum Gasteiger partial charge on any atom is -0.481 e. The van der Waals surface area contributed by atoms with E-state index in [1.807, 2.05) is 0 Å². The fourth-order valence-electron chi connectivity index (χ4n) is 3.38. The molecule has 0 spiro atoms. The lowest BCUT2D eigenvalue weighted by Gasteiger charge is -2.19. The zero-order valence-electron chi connectivity index (χ0n) is 14.7. The molecule has 1 aliphatic rings. The lowest BCUT2D eigenvalue weighted by atomic mass is 9.86. The number of hydrogen-bond acceptors (Lipinski definition) is 2. The molecule has 140 valence electrons. The van der Waals surface area contributed by atoms with Crippen LogP contribution < -0.4 is 0 Å². The van der Waals surface area contributed by atoms with Crippen LogP contribution in [0.25, 0.3) is 5.69 Å². The third-order valence-electron chi connectivity index (χ3n) is 4.85. The van der Waals surface area contributed by atoms with Crippen molar-refractivity contribution >= 4 is 5.97 Å². The second-order valence-corrected chi connectivity index (χ2v) is 7.42. The van der Waals surface area contributed by atoms with Gasteiger partial charge >= 0.3 is 12.1 Å². The van der Waals surface area contributed by atoms with Crippen LogP contribution >= 0.6 is 0 Å². The van der Waals surface area contributed by atoms with E-state index in [2.05, 4.69) is 5.10 Å². The van der Waals surface area contributed by atoms with Crippen molar-refractivity contribution < 1.29 is 23.1 Å². The molecule has 0 bridgehead atoms. The first-order chi connectivity index (χ1) is 12.1. The highest BCUT2D eigenvalue weighted by Crippen LogP contribution is 2.36. The first-order valence-corrected chi connectivity index (χ1v) is 8.60. The van der Waals surface area contributed by atoms with Gasteiger partial charge in [-0.05, 0) is 63.6 Å². The molecule has 0 unspecified atom stereocenters. The summed E-state index contributed by atoms with van der Waals surface area (Å²) in [5, 5.41) is 13.1. The van der Waals surface area contributed by atoms with Crippen molar-refractivity contribution in [2.24, 2.45) is 5.41 Å². The summed E-state index contributed by atoms with van der Waals surface area (Å²) in [5.74, 6) is -0.891. The number of nitrogens with zero attached hydrogens (tertiary/aromatic N) is 2. The molecule has 0 saturated heterocycles. The summed E-state index contributed by atoms with van der Waals surface area (Å²) in [6.07, 6.45) is -1.56. The van der Waals surface area contributed by atoms with Crippen molar-refractivity contribution in [1.29, 1.82) is 0 Å². The number of carbonyl (C=O) groups is 1. The Kier molecular flexibility index (Phi) is 4.58. The third kappa shape index (κ3) is 3.48. The maximum Gasteiger partial charge on any atom is 0.435 e. The smallest absolute Gasteiger partial charge is 0.435 e. The molecular weight excluding hydrogens is 345 g/mol. The van der Waals surface area contributed by atoms with E-state index in [0.717, 1.165) is 18.4 Å². The number of halogens is 3. The first kappa shape index (κ1) is 18.5. The summed E-state index contributed by atoms with van der Waals surface area (Å²) in [7, 11) is 0. The number of aromatic nitrogens is 2. The van der Waals surface area contributed by atoms with Crippen molar-refractivity contribution in [2.45, 2.75) is 52.1 Å². The quantitative estimate of drug-likeness (QED) is 0.871. The Morgan fingerprint density at radius 2 is 1.77 bits per heavy atom. The summed E-state index contributed by atoms with van der Waals surface area (Å²) < 4.78 is 41.3. The Hall–Kier alpha value is -2.31. The number of carboxylic acid groups (broad SMARTS) is 1. The van der Waals surface area contributed by atoms with Crippen molar-refractivity contribution in [1.82, 2.24) is 9.78 Å². The first-order valence-electron chi connectivity index (χ1n) is 8.60. The normalized spacial score (nSPS) is 15.0. The van der Waals surface area contributed by atoms with E-state index in [1.54, 1.807) is 38.1 Å². The van der Waals surface area contributed by atoms with Gasteiger partial charge in [0, 0.05) is 11.3 Å². The summed E-state index contributed by atoms with van der Waals surface area (Å²) in [6.45, 7) is 3.28. The number of alkyl halides is 3. The number of benzene rings is 1. The predicted molar refractivity (Wildman–Crippen MR) is 90.3 cm³/mol. The van der Waals surface area contributed by atoms with E-state index in [4.69, 9.17) is 0 Å². The van der Waals surface area contributed by atoms with Crippen LogP contribution in [0.4, 0.5) is 13.2 Å². The molecule has 1 aromatic carbocycles. The van der Waals surface area contributed by atoms with Crippen LogP contribution in [-0.4, -0.2) is 20.9 Å². The molecule has 1 aromatic heterocycles. The van der Waals surface area contributed by atoms with E-state index in [0.29, 0.717) is 36.2 Å². The fraction of sp³-hybridized carbons (Fsp3) is 0.474. The van der Waals surface area contributed by atoms with Gasteiger partial charge in [-0.2, -0.15) is 18.3 Å². The molecule has 0 radical (unpaired) electrons. The maximum atomic E-state index is 13.3. The molecule has 3 rings (SSSR count). The fourth-order valence-corrected chi connectivity index (χ4v) is 3.38. The SMILES string of the molecule is CC(C)(Cc1ccc(-n2nc(C(F)(F)F)c3c2CCCC3)cc1)C(=O)O. The van der Waals surface area contributed by atoms with Gasteiger partial charge in [-0.1, -0.05) is 12.1 Å². The minimum absolute atomic E-state index is 0.305. The highest BCUT2D eigenvalue weighted by molar-refractivity contribution is 5.74. The Morgan fingerprint density at radius 1 is 1.15 bits per heavy atom. The van der Waals surface area contributed by atoms with Crippen LogP contribution in [0.2, 0.25) is 0 Å². The second kappa shape index (κ2) is 6.45. The molecule has 0 atom stereocenters. The largest absolute Gasteiger partial charge is 0.481 e. The van der Waals surface area contributed by atoms with Gasteiger partial charge in [-0.15, -0.1) is 0 Å². The number of fused-ring (bicyclic) bond motifs is 1. The summed E-state index contributed by atoms with van der Waals surface area (Å²) >= 11 is 0. The number of aliphatic carboxylic acids is 1. The summed E-state index contributed by atoms with van der Waals surface area (Å²) in [6, 6.07) is 6.92. The molecule has 1 heterocycles. The van der Waals surface area contributed by atoms with Gasteiger partial charge in [0.25, 0.3) is 0 Å². The lowest BCUT2D eigenvalue weighted by Crippen LogP contribution is -2.26. The van der Waals surface area contributed by atoms with Crippen molar-refractivity contribution in [3.8, 4) is 5.69 Å². The zero-order chi connectivity index (χ0) is 19.1. The van der Waals surface area contributed by atoms with Crippen molar-refractivity contribution in [3.63, 3.8) is 0 Å². The summed E-state index contributed by atoms with van der Waals surface area (Å²) in [5.41, 5.74) is 0.620. The number of carboxylic acids is 1. The average molecular weight is 366 g/mol. The van der Waals surface area contributed by atoms with E-state index in [-0.39, 0.29) is 0 Å². The van der Waals surface area contributed by atoms with E-state index in [1.165, 1.54) is 4.68 Å². The molecular formula is C19H21F3N2O2. The van der Waals surface area contributed by atoms with Crippen molar-refractivity contribution in [2.75, 3.05) is 0 Å². The van der Waals surface area contributed by atoms with Gasteiger partial charge in [-0.25, -0.2) is 4.68 Å². The predicted octanol–water partition coefficient (Wildman–Crippen LogP) is 4.42. The van der Waals surface area contributed by atoms with Gasteiger partial charge in [0.05, 0.1) is 11.1 Å². The maximum absolute atomic E-state index is 13.3. The summed E-state index contributed by atoms with van der Waals surface area (Å²) in [4.78, 5) is 11.3. The molecule has 1 aliphatic carbocycles. The van der Waals surface area contributed by atoms with Crippen LogP contribution in [-0.2, 0) is 30.2 Å². The van der Waals surface area contributed by atoms with Crippen LogP contribution in [0.3, 0.4) is 0 Å². The Balaban J connectivity index is 1.95. The zero-order valence-corrected chi connectivity index (χ0v) is 14.7. The molecule has 0 saturated carbocycles. The number of rotatable bonds is 4. The van der Waals surface area contributed by atoms with Gasteiger partial charge in [-0.3, -0.25) is 4.79 Å². The molecule has 2 aromatic rings. The molecule has 0 amide bonds. The van der Waals surface area contributed by atoms with Crippen LogP contribution in [0.1, 0.15) is 49.2 Å². The van der Waals surface area contributed by atoms with Gasteiger partial charge in [0.15, 0.2) is 5.69 Å². The Labute approximate surface area is 149 Å². The molecule has 1 N–H and O–H groups in total. The number of hydrogen-bond donors (Lipinski definition) is 1. The highest BCUT2D eigenvalue weighted by atomic mass is 19.4. The molecule has 0 aliphatic heterocycles. The minimum atomic E-state index is -4.46. The second-order valence-electron chi connectivity index (χ2n) is 7.42. The van der Waals surface area contributed by atoms with E-state index in [9.17, 15) is 23.1 Å². The van der Waals surface area contributed by atoms with E-state index < -0.39 is 23.3 Å². The molecule has 7 heteroatoms. The van der Waals surface area contributed by atoms with Gasteiger partial charge in [0.2, 0.25) is 0 Å².